The molecule has 26 heavy (non-hydrogen) atoms. The van der Waals surface area contributed by atoms with Crippen molar-refractivity contribution in [1.29, 1.82) is 0 Å². The minimum atomic E-state index is -4.48. The molecule has 5 nitrogen and oxygen atoms in total. The van der Waals surface area contributed by atoms with E-state index in [1.165, 1.54) is 19.2 Å². The number of methoxy groups -OCH3 is 1. The predicted octanol–water partition coefficient (Wildman–Crippen LogP) is 4.46. The average molecular weight is 366 g/mol. The lowest BCUT2D eigenvalue weighted by molar-refractivity contribution is -0.140. The number of aryl methyl sites for hydroxylation is 1. The highest BCUT2D eigenvalue weighted by molar-refractivity contribution is 5.99. The Bertz CT molecular complexity index is 774. The highest BCUT2D eigenvalue weighted by Crippen LogP contribution is 2.30. The van der Waals surface area contributed by atoms with E-state index in [9.17, 15) is 22.8 Å². The summed E-state index contributed by atoms with van der Waals surface area (Å²) in [6, 6.07) is 10.5. The van der Waals surface area contributed by atoms with Gasteiger partial charge in [0, 0.05) is 17.8 Å². The number of hydrogen-bond acceptors (Lipinski definition) is 3. The number of urea groups is 1. The molecule has 0 heterocycles. The van der Waals surface area contributed by atoms with E-state index in [4.69, 9.17) is 0 Å². The standard InChI is InChI=1S/C18H17F3N2O3/c1-26-16(24)10-7-12-5-8-14(9-6-12)22-17(25)23-15-4-2-3-13(11-15)18(19,20)21/h2-6,8-9,11H,7,10H2,1H3,(H2,22,23,25). The molecule has 0 atom stereocenters. The third-order valence-electron chi connectivity index (χ3n) is 3.51. The first-order valence-corrected chi connectivity index (χ1v) is 7.69. The van der Waals surface area contributed by atoms with Crippen molar-refractivity contribution in [2.75, 3.05) is 17.7 Å². The molecule has 0 unspecified atom stereocenters. The summed E-state index contributed by atoms with van der Waals surface area (Å²) >= 11 is 0. The van der Waals surface area contributed by atoms with Crippen molar-refractivity contribution >= 4 is 23.4 Å². The maximum absolute atomic E-state index is 12.7. The zero-order chi connectivity index (χ0) is 19.2. The number of carbonyl (C=O) groups is 2. The molecule has 0 aliphatic carbocycles. The minimum absolute atomic E-state index is 0.0343. The van der Waals surface area contributed by atoms with Crippen LogP contribution in [0.5, 0.6) is 0 Å². The molecule has 0 aliphatic heterocycles. The SMILES string of the molecule is COC(=O)CCc1ccc(NC(=O)Nc2cccc(C(F)(F)F)c2)cc1. The van der Waals surface area contributed by atoms with Crippen LogP contribution in [0.1, 0.15) is 17.5 Å². The summed E-state index contributed by atoms with van der Waals surface area (Å²) in [4.78, 5) is 23.0. The lowest BCUT2D eigenvalue weighted by Gasteiger charge is -2.11. The molecule has 8 heteroatoms. The summed E-state index contributed by atoms with van der Waals surface area (Å²) in [6.45, 7) is 0. The Morgan fingerprint density at radius 2 is 1.65 bits per heavy atom. The van der Waals surface area contributed by atoms with E-state index < -0.39 is 17.8 Å². The summed E-state index contributed by atoms with van der Waals surface area (Å²) in [5, 5.41) is 4.88. The van der Waals surface area contributed by atoms with Gasteiger partial charge in [-0.3, -0.25) is 4.79 Å². The van der Waals surface area contributed by atoms with Crippen molar-refractivity contribution in [3.63, 3.8) is 0 Å². The van der Waals surface area contributed by atoms with Gasteiger partial charge in [0.15, 0.2) is 0 Å². The fourth-order valence-corrected chi connectivity index (χ4v) is 2.17. The molecule has 0 fully saturated rings. The number of amides is 2. The fourth-order valence-electron chi connectivity index (χ4n) is 2.17. The monoisotopic (exact) mass is 366 g/mol. The van der Waals surface area contributed by atoms with Crippen LogP contribution in [-0.4, -0.2) is 19.1 Å². The van der Waals surface area contributed by atoms with Gasteiger partial charge in [-0.15, -0.1) is 0 Å². The largest absolute Gasteiger partial charge is 0.469 e. The van der Waals surface area contributed by atoms with Gasteiger partial charge in [-0.05, 0) is 42.3 Å². The van der Waals surface area contributed by atoms with E-state index in [-0.39, 0.29) is 18.1 Å². The molecule has 2 rings (SSSR count). The molecule has 0 radical (unpaired) electrons. The third-order valence-corrected chi connectivity index (χ3v) is 3.51. The topological polar surface area (TPSA) is 67.4 Å². The van der Waals surface area contributed by atoms with Gasteiger partial charge in [0.1, 0.15) is 0 Å². The van der Waals surface area contributed by atoms with Gasteiger partial charge in [-0.1, -0.05) is 18.2 Å². The van der Waals surface area contributed by atoms with Gasteiger partial charge < -0.3 is 15.4 Å². The van der Waals surface area contributed by atoms with Crippen molar-refractivity contribution in [1.82, 2.24) is 0 Å². The number of anilines is 2. The molecule has 138 valence electrons. The molecule has 2 aromatic rings. The molecular weight excluding hydrogens is 349 g/mol. The second kappa shape index (κ2) is 8.37. The molecule has 0 bridgehead atoms. The van der Waals surface area contributed by atoms with Crippen LogP contribution in [0.3, 0.4) is 0 Å². The molecule has 0 spiro atoms. The van der Waals surface area contributed by atoms with E-state index in [1.54, 1.807) is 24.3 Å². The number of alkyl halides is 3. The average Bonchev–Trinajstić information content (AvgIpc) is 2.60. The summed E-state index contributed by atoms with van der Waals surface area (Å²) in [5.74, 6) is -0.312. The Hall–Kier alpha value is -3.03. The number of nitrogens with one attached hydrogen (secondary N) is 2. The summed E-state index contributed by atoms with van der Waals surface area (Å²) < 4.78 is 42.6. The number of hydrogen-bond donors (Lipinski definition) is 2. The fraction of sp³-hybridized carbons (Fsp3) is 0.222. The quantitative estimate of drug-likeness (QED) is 0.768. The lowest BCUT2D eigenvalue weighted by Crippen LogP contribution is -2.19. The molecule has 2 N–H and O–H groups in total. The molecule has 0 aromatic heterocycles. The van der Waals surface area contributed by atoms with Crippen LogP contribution >= 0.6 is 0 Å². The molecular formula is C18H17F3N2O3. The zero-order valence-electron chi connectivity index (χ0n) is 13.9. The van der Waals surface area contributed by atoms with E-state index in [2.05, 4.69) is 15.4 Å². The first-order valence-electron chi connectivity index (χ1n) is 7.69. The zero-order valence-corrected chi connectivity index (χ0v) is 13.9. The van der Waals surface area contributed by atoms with Crippen LogP contribution < -0.4 is 10.6 Å². The second-order valence-corrected chi connectivity index (χ2v) is 5.43. The third kappa shape index (κ3) is 5.80. The van der Waals surface area contributed by atoms with Crippen molar-refractivity contribution in [2.45, 2.75) is 19.0 Å². The first kappa shape index (κ1) is 19.3. The Morgan fingerprint density at radius 3 is 2.27 bits per heavy atom. The molecule has 0 aliphatic rings. The predicted molar refractivity (Wildman–Crippen MR) is 90.9 cm³/mol. The first-order chi connectivity index (χ1) is 12.3. The highest BCUT2D eigenvalue weighted by Gasteiger charge is 2.30. The van der Waals surface area contributed by atoms with Gasteiger partial charge in [0.2, 0.25) is 0 Å². The highest BCUT2D eigenvalue weighted by atomic mass is 19.4. The number of rotatable bonds is 5. The number of esters is 1. The van der Waals surface area contributed by atoms with Crippen LogP contribution in [0.4, 0.5) is 29.3 Å². The molecule has 0 saturated carbocycles. The second-order valence-electron chi connectivity index (χ2n) is 5.43. The maximum atomic E-state index is 12.7. The van der Waals surface area contributed by atoms with Crippen LogP contribution in [0.15, 0.2) is 48.5 Å². The Morgan fingerprint density at radius 1 is 1.00 bits per heavy atom. The summed E-state index contributed by atoms with van der Waals surface area (Å²) in [6.07, 6.45) is -3.73. The number of halogens is 3. The smallest absolute Gasteiger partial charge is 0.416 e. The number of carbonyl (C=O) groups excluding carboxylic acids is 2. The van der Waals surface area contributed by atoms with E-state index in [1.807, 2.05) is 0 Å². The van der Waals surface area contributed by atoms with E-state index >= 15 is 0 Å². The summed E-state index contributed by atoms with van der Waals surface area (Å²) in [5.41, 5.74) is 0.549. The van der Waals surface area contributed by atoms with Gasteiger partial charge in [-0.25, -0.2) is 4.79 Å². The molecule has 2 aromatic carbocycles. The Balaban J connectivity index is 1.93. The van der Waals surface area contributed by atoms with Crippen molar-refractivity contribution in [3.05, 3.63) is 59.7 Å². The van der Waals surface area contributed by atoms with Crippen molar-refractivity contribution in [3.8, 4) is 0 Å². The van der Waals surface area contributed by atoms with Crippen LogP contribution in [0.2, 0.25) is 0 Å². The van der Waals surface area contributed by atoms with Gasteiger partial charge in [0.25, 0.3) is 0 Å². The number of ether oxygens (including phenoxy) is 1. The van der Waals surface area contributed by atoms with Gasteiger partial charge in [-0.2, -0.15) is 13.2 Å². The number of benzene rings is 2. The normalized spacial score (nSPS) is 10.9. The Kier molecular flexibility index (Phi) is 6.21. The molecule has 0 saturated heterocycles. The van der Waals surface area contributed by atoms with Gasteiger partial charge in [0.05, 0.1) is 12.7 Å². The van der Waals surface area contributed by atoms with Crippen LogP contribution in [-0.2, 0) is 22.1 Å². The van der Waals surface area contributed by atoms with Gasteiger partial charge >= 0.3 is 18.2 Å². The van der Waals surface area contributed by atoms with E-state index in [0.717, 1.165) is 17.7 Å². The molecule has 2 amide bonds. The summed E-state index contributed by atoms with van der Waals surface area (Å²) in [7, 11) is 1.32. The Labute approximate surface area is 148 Å². The van der Waals surface area contributed by atoms with Crippen molar-refractivity contribution in [2.24, 2.45) is 0 Å². The minimum Gasteiger partial charge on any atom is -0.469 e. The van der Waals surface area contributed by atoms with Crippen LogP contribution in [0.25, 0.3) is 0 Å². The van der Waals surface area contributed by atoms with Crippen LogP contribution in [0, 0.1) is 0 Å². The maximum Gasteiger partial charge on any atom is 0.416 e. The van der Waals surface area contributed by atoms with E-state index in [0.29, 0.717) is 12.1 Å². The van der Waals surface area contributed by atoms with Crippen molar-refractivity contribution < 1.29 is 27.5 Å². The lowest BCUT2D eigenvalue weighted by atomic mass is 10.1.